The summed E-state index contributed by atoms with van der Waals surface area (Å²) in [6.45, 7) is 17.1. The van der Waals surface area contributed by atoms with Gasteiger partial charge in [-0.1, -0.05) is 41.5 Å². The molecule has 1 N–H and O–H groups in total. The van der Waals surface area contributed by atoms with Crippen molar-refractivity contribution in [2.45, 2.75) is 79.3 Å². The van der Waals surface area contributed by atoms with E-state index in [-0.39, 0.29) is 0 Å². The van der Waals surface area contributed by atoms with Gasteiger partial charge in [-0.05, 0) is 61.9 Å². The van der Waals surface area contributed by atoms with Crippen LogP contribution in [0, 0.1) is 22.7 Å². The molecule has 0 bridgehead atoms. The molecule has 0 aromatic rings. The van der Waals surface area contributed by atoms with Crippen molar-refractivity contribution in [2.75, 3.05) is 20.1 Å². The first-order valence-electron chi connectivity index (χ1n) is 9.04. The van der Waals surface area contributed by atoms with Crippen molar-refractivity contribution in [3.05, 3.63) is 0 Å². The molecule has 0 radical (unpaired) electrons. The number of nitrogens with zero attached hydrogens (tertiary/aromatic N) is 1. The SMILES string of the molecule is CNC1CCC(C(C)(C)C)CC1N1CCC(C(C)(C)C)C1. The number of rotatable bonds is 2. The van der Waals surface area contributed by atoms with Crippen LogP contribution in [-0.4, -0.2) is 37.1 Å². The average molecular weight is 295 g/mol. The van der Waals surface area contributed by atoms with Crippen LogP contribution in [0.5, 0.6) is 0 Å². The predicted octanol–water partition coefficient (Wildman–Crippen LogP) is 4.16. The lowest BCUT2D eigenvalue weighted by molar-refractivity contribution is 0.0677. The van der Waals surface area contributed by atoms with Crippen LogP contribution in [0.25, 0.3) is 0 Å². The van der Waals surface area contributed by atoms with Crippen molar-refractivity contribution in [3.63, 3.8) is 0 Å². The third-order valence-electron chi connectivity index (χ3n) is 6.33. The zero-order valence-electron chi connectivity index (χ0n) is 15.5. The Hall–Kier alpha value is -0.0800. The highest BCUT2D eigenvalue weighted by Gasteiger charge is 2.41. The van der Waals surface area contributed by atoms with Crippen molar-refractivity contribution in [3.8, 4) is 0 Å². The molecule has 0 aromatic heterocycles. The number of nitrogens with one attached hydrogen (secondary N) is 1. The van der Waals surface area contributed by atoms with E-state index in [2.05, 4.69) is 58.8 Å². The molecule has 2 rings (SSSR count). The van der Waals surface area contributed by atoms with Crippen LogP contribution in [0.1, 0.15) is 67.2 Å². The molecule has 0 amide bonds. The zero-order chi connectivity index (χ0) is 15.8. The van der Waals surface area contributed by atoms with Gasteiger partial charge in [0.15, 0.2) is 0 Å². The van der Waals surface area contributed by atoms with Gasteiger partial charge >= 0.3 is 0 Å². The lowest BCUT2D eigenvalue weighted by Crippen LogP contribution is -2.53. The molecule has 0 spiro atoms. The Kier molecular flexibility index (Phi) is 5.10. The minimum Gasteiger partial charge on any atom is -0.315 e. The molecule has 1 aliphatic heterocycles. The molecule has 0 aromatic carbocycles. The van der Waals surface area contributed by atoms with E-state index in [0.29, 0.717) is 16.9 Å². The van der Waals surface area contributed by atoms with Crippen molar-refractivity contribution >= 4 is 0 Å². The quantitative estimate of drug-likeness (QED) is 0.823. The third-order valence-corrected chi connectivity index (χ3v) is 6.33. The van der Waals surface area contributed by atoms with E-state index < -0.39 is 0 Å². The van der Waals surface area contributed by atoms with Crippen LogP contribution in [0.2, 0.25) is 0 Å². The normalized spacial score (nSPS) is 36.1. The summed E-state index contributed by atoms with van der Waals surface area (Å²) >= 11 is 0. The summed E-state index contributed by atoms with van der Waals surface area (Å²) in [7, 11) is 2.16. The molecule has 2 fully saturated rings. The molecule has 1 saturated carbocycles. The van der Waals surface area contributed by atoms with Gasteiger partial charge in [-0.3, -0.25) is 4.90 Å². The monoisotopic (exact) mass is 294 g/mol. The standard InChI is InChI=1S/C19H38N2/c1-18(2,3)14-8-9-16(20-7)17(12-14)21-11-10-15(13-21)19(4,5)6/h14-17,20H,8-13H2,1-7H3. The molecule has 4 unspecified atom stereocenters. The minimum absolute atomic E-state index is 0.458. The summed E-state index contributed by atoms with van der Waals surface area (Å²) in [5.74, 6) is 1.74. The zero-order valence-corrected chi connectivity index (χ0v) is 15.5. The molecule has 2 heteroatoms. The van der Waals surface area contributed by atoms with Crippen molar-refractivity contribution in [2.24, 2.45) is 22.7 Å². The Morgan fingerprint density at radius 3 is 1.95 bits per heavy atom. The van der Waals surface area contributed by atoms with Gasteiger partial charge in [0.2, 0.25) is 0 Å². The minimum atomic E-state index is 0.458. The summed E-state index contributed by atoms with van der Waals surface area (Å²) in [5, 5.41) is 3.61. The van der Waals surface area contributed by atoms with Crippen LogP contribution in [0.15, 0.2) is 0 Å². The van der Waals surface area contributed by atoms with E-state index in [1.165, 1.54) is 38.8 Å². The van der Waals surface area contributed by atoms with Gasteiger partial charge in [-0.15, -0.1) is 0 Å². The van der Waals surface area contributed by atoms with Gasteiger partial charge in [0, 0.05) is 18.6 Å². The molecule has 2 aliphatic rings. The van der Waals surface area contributed by atoms with E-state index in [1.54, 1.807) is 0 Å². The molecule has 4 atom stereocenters. The number of hydrogen-bond acceptors (Lipinski definition) is 2. The Balaban J connectivity index is 2.05. The van der Waals surface area contributed by atoms with E-state index in [1.807, 2.05) is 0 Å². The van der Waals surface area contributed by atoms with Crippen LogP contribution in [0.3, 0.4) is 0 Å². The topological polar surface area (TPSA) is 15.3 Å². The fraction of sp³-hybridized carbons (Fsp3) is 1.00. The lowest BCUT2D eigenvalue weighted by atomic mass is 9.69. The fourth-order valence-electron chi connectivity index (χ4n) is 4.47. The first kappa shape index (κ1) is 17.3. The molecule has 124 valence electrons. The summed E-state index contributed by atoms with van der Waals surface area (Å²) in [6, 6.07) is 1.45. The summed E-state index contributed by atoms with van der Waals surface area (Å²) in [4.78, 5) is 2.81. The van der Waals surface area contributed by atoms with Gasteiger partial charge in [0.25, 0.3) is 0 Å². The Labute approximate surface area is 133 Å². The molecule has 2 nitrogen and oxygen atoms in total. The fourth-order valence-corrected chi connectivity index (χ4v) is 4.47. The highest BCUT2D eigenvalue weighted by molar-refractivity contribution is 4.97. The molecular formula is C19H38N2. The maximum absolute atomic E-state index is 3.61. The van der Waals surface area contributed by atoms with Crippen molar-refractivity contribution in [1.29, 1.82) is 0 Å². The van der Waals surface area contributed by atoms with E-state index in [9.17, 15) is 0 Å². The second-order valence-corrected chi connectivity index (χ2v) is 9.69. The second kappa shape index (κ2) is 6.20. The largest absolute Gasteiger partial charge is 0.315 e. The van der Waals surface area contributed by atoms with Crippen LogP contribution in [-0.2, 0) is 0 Å². The Bertz CT molecular complexity index is 336. The van der Waals surface area contributed by atoms with Gasteiger partial charge < -0.3 is 5.32 Å². The van der Waals surface area contributed by atoms with E-state index >= 15 is 0 Å². The van der Waals surface area contributed by atoms with Crippen LogP contribution >= 0.6 is 0 Å². The van der Waals surface area contributed by atoms with Crippen LogP contribution in [0.4, 0.5) is 0 Å². The molecule has 1 aliphatic carbocycles. The summed E-state index contributed by atoms with van der Waals surface area (Å²) < 4.78 is 0. The highest BCUT2D eigenvalue weighted by atomic mass is 15.2. The van der Waals surface area contributed by atoms with Crippen LogP contribution < -0.4 is 5.32 Å². The first-order valence-corrected chi connectivity index (χ1v) is 9.04. The second-order valence-electron chi connectivity index (χ2n) is 9.69. The van der Waals surface area contributed by atoms with Gasteiger partial charge in [0.1, 0.15) is 0 Å². The third kappa shape index (κ3) is 4.01. The van der Waals surface area contributed by atoms with E-state index in [4.69, 9.17) is 0 Å². The Morgan fingerprint density at radius 2 is 1.48 bits per heavy atom. The Morgan fingerprint density at radius 1 is 0.857 bits per heavy atom. The van der Waals surface area contributed by atoms with Crippen molar-refractivity contribution < 1.29 is 0 Å². The number of likely N-dealkylation sites (N-methyl/N-ethyl adjacent to an activating group) is 1. The number of hydrogen-bond donors (Lipinski definition) is 1. The smallest absolute Gasteiger partial charge is 0.0252 e. The van der Waals surface area contributed by atoms with Gasteiger partial charge in [-0.25, -0.2) is 0 Å². The number of likely N-dealkylation sites (tertiary alicyclic amines) is 1. The summed E-state index contributed by atoms with van der Waals surface area (Å²) in [5.41, 5.74) is 0.919. The maximum atomic E-state index is 3.61. The molecule has 1 saturated heterocycles. The highest BCUT2D eigenvalue weighted by Crippen LogP contribution is 2.42. The van der Waals surface area contributed by atoms with Gasteiger partial charge in [-0.2, -0.15) is 0 Å². The maximum Gasteiger partial charge on any atom is 0.0252 e. The van der Waals surface area contributed by atoms with E-state index in [0.717, 1.165) is 17.9 Å². The van der Waals surface area contributed by atoms with Crippen molar-refractivity contribution in [1.82, 2.24) is 10.2 Å². The predicted molar refractivity (Wildman–Crippen MR) is 92.6 cm³/mol. The molecule has 21 heavy (non-hydrogen) atoms. The average Bonchev–Trinajstić information content (AvgIpc) is 2.86. The first-order chi connectivity index (χ1) is 9.63. The summed E-state index contributed by atoms with van der Waals surface area (Å²) in [6.07, 6.45) is 5.50. The lowest BCUT2D eigenvalue weighted by Gasteiger charge is -2.45. The molecule has 1 heterocycles. The van der Waals surface area contributed by atoms with Gasteiger partial charge in [0.05, 0.1) is 0 Å². The molecular weight excluding hydrogens is 256 g/mol.